The van der Waals surface area contributed by atoms with Crippen LogP contribution in [0.1, 0.15) is 64.5 Å². The lowest BCUT2D eigenvalue weighted by molar-refractivity contribution is -0.170. The van der Waals surface area contributed by atoms with Gasteiger partial charge in [0.2, 0.25) is 5.60 Å². The molecular formula is C30H40N4O6S2. The van der Waals surface area contributed by atoms with E-state index >= 15 is 0 Å². The molecule has 3 rings (SSSR count). The predicted octanol–water partition coefficient (Wildman–Crippen LogP) is 4.83. The number of nitrogens with zero attached hydrogens (tertiary/aromatic N) is 2. The van der Waals surface area contributed by atoms with Gasteiger partial charge in [-0.2, -0.15) is 0 Å². The molecule has 10 nitrogen and oxygen atoms in total. The van der Waals surface area contributed by atoms with Crippen molar-refractivity contribution < 1.29 is 27.9 Å². The molecule has 12 heteroatoms. The number of hydrogen-bond donors (Lipinski definition) is 3. The number of aryl methyl sites for hydroxylation is 1. The van der Waals surface area contributed by atoms with Crippen LogP contribution in [-0.2, 0) is 38.1 Å². The van der Waals surface area contributed by atoms with E-state index in [-0.39, 0.29) is 11.0 Å². The van der Waals surface area contributed by atoms with E-state index in [0.29, 0.717) is 60.0 Å². The Kier molecular flexibility index (Phi) is 11.2. The third kappa shape index (κ3) is 7.53. The van der Waals surface area contributed by atoms with E-state index in [2.05, 4.69) is 15.0 Å². The van der Waals surface area contributed by atoms with Gasteiger partial charge in [-0.3, -0.25) is 0 Å². The van der Waals surface area contributed by atoms with E-state index in [4.69, 9.17) is 4.74 Å². The van der Waals surface area contributed by atoms with Crippen LogP contribution in [0, 0.1) is 0 Å². The summed E-state index contributed by atoms with van der Waals surface area (Å²) in [4.78, 5) is 29.8. The molecule has 228 valence electrons. The molecular weight excluding hydrogens is 576 g/mol. The number of carbonyl (C=O) groups excluding carboxylic acids is 2. The van der Waals surface area contributed by atoms with E-state index in [0.717, 1.165) is 5.56 Å². The second-order valence-electron chi connectivity index (χ2n) is 10.1. The van der Waals surface area contributed by atoms with Crippen LogP contribution in [0.4, 0.5) is 4.79 Å². The number of rotatable bonds is 13. The molecule has 0 radical (unpaired) electrons. The van der Waals surface area contributed by atoms with Crippen molar-refractivity contribution in [3.63, 3.8) is 0 Å². The van der Waals surface area contributed by atoms with Crippen LogP contribution in [0.5, 0.6) is 0 Å². The first-order valence-electron chi connectivity index (χ1n) is 14.0. The number of hydrogen-bond acceptors (Lipinski definition) is 8. The zero-order chi connectivity index (χ0) is 31.1. The summed E-state index contributed by atoms with van der Waals surface area (Å²) in [6.45, 7) is 9.61. The van der Waals surface area contributed by atoms with Crippen LogP contribution in [0.2, 0.25) is 0 Å². The molecule has 0 spiro atoms. The highest BCUT2D eigenvalue weighted by atomic mass is 32.2. The third-order valence-electron chi connectivity index (χ3n) is 6.81. The number of carbonyl (C=O) groups is 2. The van der Waals surface area contributed by atoms with E-state index in [1.54, 1.807) is 37.3 Å². The van der Waals surface area contributed by atoms with Crippen LogP contribution in [0.3, 0.4) is 0 Å². The smallest absolute Gasteiger partial charge is 0.344 e. The minimum atomic E-state index is -4.13. The quantitative estimate of drug-likeness (QED) is 0.183. The molecule has 42 heavy (non-hydrogen) atoms. The maximum Gasteiger partial charge on any atom is 0.344 e. The number of ether oxygens (including phenoxy) is 1. The highest BCUT2D eigenvalue weighted by Gasteiger charge is 2.41. The van der Waals surface area contributed by atoms with Crippen LogP contribution >= 0.6 is 11.8 Å². The molecule has 1 heterocycles. The predicted molar refractivity (Wildman–Crippen MR) is 164 cm³/mol. The summed E-state index contributed by atoms with van der Waals surface area (Å²) in [5.41, 5.74) is 0.379. The minimum Gasteiger partial charge on any atom is -0.460 e. The average Bonchev–Trinajstić information content (AvgIpc) is 3.34. The highest BCUT2D eigenvalue weighted by molar-refractivity contribution is 7.98. The lowest BCUT2D eigenvalue weighted by Gasteiger charge is -2.26. The number of imidazole rings is 1. The Morgan fingerprint density at radius 2 is 1.79 bits per heavy atom. The zero-order valence-electron chi connectivity index (χ0n) is 24.9. The van der Waals surface area contributed by atoms with Gasteiger partial charge in [-0.1, -0.05) is 63.2 Å². The van der Waals surface area contributed by atoms with Crippen molar-refractivity contribution in [2.45, 2.75) is 82.1 Å². The number of urea groups is 1. The van der Waals surface area contributed by atoms with Gasteiger partial charge < -0.3 is 19.7 Å². The normalized spacial score (nSPS) is 13.7. The maximum atomic E-state index is 13.0. The van der Waals surface area contributed by atoms with Crippen molar-refractivity contribution in [2.24, 2.45) is 0 Å². The SMILES string of the molecule is CCCNC(=O)NS(=O)(=O)c1ccccc1-c1ccc(Cn2c(CC)nc(SC)c2C(C)(O)C(=O)OC(C)CC)cc1. The average molecular weight is 617 g/mol. The number of nitrogens with one attached hydrogen (secondary N) is 2. The van der Waals surface area contributed by atoms with Crippen molar-refractivity contribution in [2.75, 3.05) is 12.8 Å². The Labute approximate surface area is 252 Å². The molecule has 3 N–H and O–H groups in total. The van der Waals surface area contributed by atoms with Gasteiger partial charge in [0.15, 0.2) is 0 Å². The van der Waals surface area contributed by atoms with Crippen LogP contribution in [-0.4, -0.2) is 54.0 Å². The molecule has 3 aromatic rings. The second kappa shape index (κ2) is 14.2. The fraction of sp³-hybridized carbons (Fsp3) is 0.433. The number of amides is 2. The lowest BCUT2D eigenvalue weighted by Crippen LogP contribution is -2.39. The number of sulfonamides is 1. The first-order chi connectivity index (χ1) is 19.9. The topological polar surface area (TPSA) is 140 Å². The summed E-state index contributed by atoms with van der Waals surface area (Å²) in [7, 11) is -4.13. The molecule has 0 aliphatic rings. The van der Waals surface area contributed by atoms with Gasteiger partial charge in [0, 0.05) is 25.1 Å². The van der Waals surface area contributed by atoms with Crippen molar-refractivity contribution in [1.82, 2.24) is 19.6 Å². The Bertz CT molecular complexity index is 1500. The fourth-order valence-corrected chi connectivity index (χ4v) is 6.23. The van der Waals surface area contributed by atoms with Crippen LogP contribution in [0.25, 0.3) is 11.1 Å². The van der Waals surface area contributed by atoms with E-state index in [1.165, 1.54) is 24.8 Å². The van der Waals surface area contributed by atoms with Gasteiger partial charge in [0.1, 0.15) is 10.9 Å². The van der Waals surface area contributed by atoms with Crippen molar-refractivity contribution in [1.29, 1.82) is 0 Å². The molecule has 2 atom stereocenters. The van der Waals surface area contributed by atoms with Crippen LogP contribution < -0.4 is 10.0 Å². The first kappa shape index (κ1) is 33.2. The third-order valence-corrected chi connectivity index (χ3v) is 8.87. The number of aliphatic hydroxyl groups is 1. The molecule has 1 aromatic heterocycles. The Balaban J connectivity index is 1.96. The van der Waals surface area contributed by atoms with Gasteiger partial charge in [-0.25, -0.2) is 27.7 Å². The van der Waals surface area contributed by atoms with E-state index in [1.807, 2.05) is 43.7 Å². The molecule has 2 amide bonds. The molecule has 0 bridgehead atoms. The minimum absolute atomic E-state index is 0.0185. The summed E-state index contributed by atoms with van der Waals surface area (Å²) >= 11 is 1.35. The monoisotopic (exact) mass is 616 g/mol. The molecule has 0 saturated carbocycles. The number of esters is 1. The molecule has 2 aromatic carbocycles. The molecule has 0 aliphatic heterocycles. The molecule has 0 aliphatic carbocycles. The molecule has 0 fully saturated rings. The van der Waals surface area contributed by atoms with Crippen molar-refractivity contribution in [3.05, 3.63) is 65.6 Å². The number of thioether (sulfide) groups is 1. The van der Waals surface area contributed by atoms with Gasteiger partial charge >= 0.3 is 12.0 Å². The largest absolute Gasteiger partial charge is 0.460 e. The summed E-state index contributed by atoms with van der Waals surface area (Å²) in [6, 6.07) is 13.0. The van der Waals surface area contributed by atoms with E-state index < -0.39 is 27.6 Å². The summed E-state index contributed by atoms with van der Waals surface area (Å²) in [5, 5.41) is 14.5. The summed E-state index contributed by atoms with van der Waals surface area (Å²) < 4.78 is 35.5. The van der Waals surface area contributed by atoms with Gasteiger partial charge in [0.05, 0.1) is 16.7 Å². The maximum absolute atomic E-state index is 13.0. The second-order valence-corrected chi connectivity index (χ2v) is 12.5. The molecule has 2 unspecified atom stereocenters. The summed E-state index contributed by atoms with van der Waals surface area (Å²) in [5.74, 6) is -0.0278. The number of benzene rings is 2. The Hall–Kier alpha value is -3.35. The zero-order valence-corrected chi connectivity index (χ0v) is 26.6. The first-order valence-corrected chi connectivity index (χ1v) is 16.7. The number of aromatic nitrogens is 2. The van der Waals surface area contributed by atoms with Crippen LogP contribution in [0.15, 0.2) is 58.5 Å². The lowest BCUT2D eigenvalue weighted by atomic mass is 10.0. The van der Waals surface area contributed by atoms with E-state index in [9.17, 15) is 23.1 Å². The van der Waals surface area contributed by atoms with Crippen molar-refractivity contribution in [3.8, 4) is 11.1 Å². The summed E-state index contributed by atoms with van der Waals surface area (Å²) in [6.07, 6.45) is 3.37. The standard InChI is InChI=1S/C30H40N4O6S2/c1-7-18-31-29(36)33-42(38,39)24-13-11-10-12-23(24)22-16-14-21(15-17-22)19-34-25(9-3)32-27(41-6)26(34)30(5,37)28(35)40-20(4)8-2/h10-17,20,37H,7-9,18-19H2,1-6H3,(H2,31,33,36). The van der Waals surface area contributed by atoms with Gasteiger partial charge in [-0.05, 0) is 50.1 Å². The van der Waals surface area contributed by atoms with Gasteiger partial charge in [0.25, 0.3) is 10.0 Å². The molecule has 0 saturated heterocycles. The van der Waals surface area contributed by atoms with Gasteiger partial charge in [-0.15, -0.1) is 11.8 Å². The Morgan fingerprint density at radius 1 is 1.12 bits per heavy atom. The highest BCUT2D eigenvalue weighted by Crippen LogP contribution is 2.34. The van der Waals surface area contributed by atoms with Crippen molar-refractivity contribution >= 4 is 33.8 Å². The fourth-order valence-electron chi connectivity index (χ4n) is 4.37. The Morgan fingerprint density at radius 3 is 2.38 bits per heavy atom.